The number of piperidine rings is 1. The molecule has 0 radical (unpaired) electrons. The summed E-state index contributed by atoms with van der Waals surface area (Å²) in [6.07, 6.45) is 11.2. The molecule has 2 bridgehead atoms. The van der Waals surface area contributed by atoms with E-state index in [4.69, 9.17) is 23.7 Å². The number of allylic oxidation sites excluding steroid dienone is 6. The molecule has 3 heterocycles. The maximum atomic E-state index is 14.4. The fraction of sp³-hybridized carbons (Fsp3) is 0.745. The second kappa shape index (κ2) is 25.1. The number of hydrogen-bond donors (Lipinski definition) is 3. The summed E-state index contributed by atoms with van der Waals surface area (Å²) in [4.78, 5) is 71.8. The summed E-state index contributed by atoms with van der Waals surface area (Å²) >= 11 is 0. The first-order valence-electron chi connectivity index (χ1n) is 23.9. The van der Waals surface area contributed by atoms with Crippen LogP contribution in [0.1, 0.15) is 126 Å². The molecule has 1 amide bonds. The second-order valence-corrected chi connectivity index (χ2v) is 19.6. The van der Waals surface area contributed by atoms with Crippen LogP contribution in [0.15, 0.2) is 47.6 Å². The Morgan fingerprint density at radius 1 is 0.846 bits per heavy atom. The minimum Gasteiger partial charge on any atom is -0.460 e. The van der Waals surface area contributed by atoms with Crippen molar-refractivity contribution in [2.75, 3.05) is 27.9 Å². The lowest BCUT2D eigenvalue weighted by Gasteiger charge is -2.42. The predicted molar refractivity (Wildman–Crippen MR) is 245 cm³/mol. The van der Waals surface area contributed by atoms with E-state index in [-0.39, 0.29) is 54.8 Å². The van der Waals surface area contributed by atoms with Crippen molar-refractivity contribution >= 4 is 29.2 Å². The van der Waals surface area contributed by atoms with E-state index in [0.29, 0.717) is 63.4 Å². The highest BCUT2D eigenvalue weighted by molar-refractivity contribution is 6.39. The number of carbonyl (C=O) groups excluding carboxylic acids is 5. The second-order valence-electron chi connectivity index (χ2n) is 19.6. The quantitative estimate of drug-likeness (QED) is 0.156. The predicted octanol–water partition coefficient (Wildman–Crippen LogP) is 6.18. The standard InChI is InChI=1S/C51H79NO13/c1-30-16-12-11-13-17-31(2)42(61-8)28-38-21-19-36(7)51(60,65-38)48(57)49(58)52-23-15-14-18-39(52)50(59)64-43(33(4)26-37-20-22-40(53)44(27-37)62-9)29-41(54)32(3)25-35(6)46(56)47(63-10)45(55)34(5)24-30/h11-13,16-17,25,30,32-34,36-40,42-44,46-47,53,56,60H,14-15,18-24,26-29H2,1-10H3/t30-,32-,33-,34+,36+,37+,38-,39-,40+,42-,43+,44-,46+,47-,51-/m1/s1. The first kappa shape index (κ1) is 54.2. The smallest absolute Gasteiger partial charge is 0.329 e. The van der Waals surface area contributed by atoms with Crippen LogP contribution in [0.3, 0.4) is 0 Å². The maximum absolute atomic E-state index is 14.4. The molecule has 4 aliphatic rings. The Morgan fingerprint density at radius 3 is 2.25 bits per heavy atom. The number of carbonyl (C=O) groups is 5. The monoisotopic (exact) mass is 914 g/mol. The number of fused-ring (bicyclic) bond motifs is 3. The van der Waals surface area contributed by atoms with Crippen LogP contribution < -0.4 is 0 Å². The van der Waals surface area contributed by atoms with Gasteiger partial charge in [0.25, 0.3) is 11.7 Å². The molecule has 0 unspecified atom stereocenters. The highest BCUT2D eigenvalue weighted by atomic mass is 16.6. The number of hydrogen-bond acceptors (Lipinski definition) is 13. The van der Waals surface area contributed by atoms with Gasteiger partial charge in [-0.25, -0.2) is 4.79 Å². The maximum Gasteiger partial charge on any atom is 0.329 e. The van der Waals surface area contributed by atoms with Crippen LogP contribution in [0.2, 0.25) is 0 Å². The zero-order valence-electron chi connectivity index (χ0n) is 40.6. The Balaban J connectivity index is 1.70. The van der Waals surface area contributed by atoms with Gasteiger partial charge in [0.05, 0.1) is 24.4 Å². The fourth-order valence-corrected chi connectivity index (χ4v) is 10.1. The van der Waals surface area contributed by atoms with Crippen molar-refractivity contribution < 1.29 is 63.0 Å². The molecule has 3 N–H and O–H groups in total. The summed E-state index contributed by atoms with van der Waals surface area (Å²) in [6, 6.07) is -1.14. The number of ether oxygens (including phenoxy) is 5. The molecule has 1 saturated carbocycles. The summed E-state index contributed by atoms with van der Waals surface area (Å²) in [5.41, 5.74) is 1.27. The number of nitrogens with zero attached hydrogens (tertiary/aromatic N) is 1. The average molecular weight is 914 g/mol. The summed E-state index contributed by atoms with van der Waals surface area (Å²) < 4.78 is 29.4. The summed E-state index contributed by atoms with van der Waals surface area (Å²) in [5, 5.41) is 33.8. The van der Waals surface area contributed by atoms with Crippen molar-refractivity contribution in [1.29, 1.82) is 0 Å². The largest absolute Gasteiger partial charge is 0.460 e. The molecular formula is C51H79NO13. The molecule has 0 aromatic heterocycles. The van der Waals surface area contributed by atoms with Gasteiger partial charge < -0.3 is 43.9 Å². The first-order valence-corrected chi connectivity index (χ1v) is 23.9. The normalized spacial score (nSPS) is 37.8. The minimum atomic E-state index is -2.43. The lowest BCUT2D eigenvalue weighted by Crippen LogP contribution is -2.61. The van der Waals surface area contributed by atoms with Gasteiger partial charge in [-0.3, -0.25) is 19.2 Å². The summed E-state index contributed by atoms with van der Waals surface area (Å²) in [5.74, 6) is -7.96. The van der Waals surface area contributed by atoms with Crippen molar-refractivity contribution in [3.8, 4) is 0 Å². The number of cyclic esters (lactones) is 1. The van der Waals surface area contributed by atoms with E-state index in [2.05, 4.69) is 0 Å². The molecule has 14 nitrogen and oxygen atoms in total. The topological polar surface area (TPSA) is 195 Å². The van der Waals surface area contributed by atoms with Gasteiger partial charge in [-0.15, -0.1) is 0 Å². The zero-order chi connectivity index (χ0) is 48.2. The van der Waals surface area contributed by atoms with Crippen LogP contribution >= 0.6 is 0 Å². The molecule has 15 atom stereocenters. The number of ketones is 3. The molecule has 14 heteroatoms. The summed E-state index contributed by atoms with van der Waals surface area (Å²) in [7, 11) is 4.52. The number of esters is 1. The number of aliphatic hydroxyl groups excluding tert-OH is 2. The van der Waals surface area contributed by atoms with Crippen LogP contribution in [-0.4, -0.2) is 132 Å². The van der Waals surface area contributed by atoms with Crippen molar-refractivity contribution in [3.05, 3.63) is 47.6 Å². The summed E-state index contributed by atoms with van der Waals surface area (Å²) in [6.45, 7) is 12.7. The Hall–Kier alpha value is -3.37. The molecule has 3 fully saturated rings. The van der Waals surface area contributed by atoms with Gasteiger partial charge >= 0.3 is 5.97 Å². The van der Waals surface area contributed by atoms with E-state index in [1.807, 2.05) is 58.1 Å². The van der Waals surface area contributed by atoms with Crippen LogP contribution in [0.5, 0.6) is 0 Å². The van der Waals surface area contributed by atoms with Gasteiger partial charge in [0.1, 0.15) is 30.1 Å². The molecule has 0 spiro atoms. The third-order valence-electron chi connectivity index (χ3n) is 14.5. The zero-order valence-corrected chi connectivity index (χ0v) is 40.6. The fourth-order valence-electron chi connectivity index (χ4n) is 10.1. The lowest BCUT2D eigenvalue weighted by molar-refractivity contribution is -0.265. The molecule has 366 valence electrons. The number of methoxy groups -OCH3 is 3. The lowest BCUT2D eigenvalue weighted by atomic mass is 9.78. The van der Waals surface area contributed by atoms with E-state index in [1.165, 1.54) is 12.0 Å². The average Bonchev–Trinajstić information content (AvgIpc) is 3.28. The van der Waals surface area contributed by atoms with E-state index in [0.717, 1.165) is 12.0 Å². The molecule has 0 aromatic carbocycles. The molecule has 0 aromatic rings. The number of rotatable bonds is 6. The van der Waals surface area contributed by atoms with E-state index < -0.39 is 83.9 Å². The van der Waals surface area contributed by atoms with Gasteiger partial charge in [-0.1, -0.05) is 71.1 Å². The number of amides is 1. The van der Waals surface area contributed by atoms with Crippen molar-refractivity contribution in [2.24, 2.45) is 35.5 Å². The van der Waals surface area contributed by atoms with E-state index in [9.17, 15) is 39.3 Å². The van der Waals surface area contributed by atoms with Gasteiger partial charge in [0.15, 0.2) is 5.78 Å². The molecule has 3 aliphatic heterocycles. The highest BCUT2D eigenvalue weighted by Gasteiger charge is 2.53. The van der Waals surface area contributed by atoms with Crippen LogP contribution in [-0.2, 0) is 47.7 Å². The van der Waals surface area contributed by atoms with Crippen LogP contribution in [0.4, 0.5) is 0 Å². The van der Waals surface area contributed by atoms with Gasteiger partial charge in [-0.05, 0) is 107 Å². The third kappa shape index (κ3) is 14.3. The van der Waals surface area contributed by atoms with E-state index >= 15 is 0 Å². The van der Waals surface area contributed by atoms with Gasteiger partial charge in [0.2, 0.25) is 5.79 Å². The van der Waals surface area contributed by atoms with Crippen LogP contribution in [0, 0.1) is 35.5 Å². The molecule has 2 saturated heterocycles. The third-order valence-corrected chi connectivity index (χ3v) is 14.5. The van der Waals surface area contributed by atoms with Crippen LogP contribution in [0.25, 0.3) is 0 Å². The van der Waals surface area contributed by atoms with Crippen molar-refractivity contribution in [3.63, 3.8) is 0 Å². The molecule has 4 rings (SSSR count). The Bertz CT molecular complexity index is 1760. The van der Waals surface area contributed by atoms with Crippen molar-refractivity contribution in [1.82, 2.24) is 4.90 Å². The molecule has 65 heavy (non-hydrogen) atoms. The Labute approximate surface area is 387 Å². The Kier molecular flexibility index (Phi) is 21.0. The molecular weight excluding hydrogens is 835 g/mol. The van der Waals surface area contributed by atoms with Gasteiger partial charge in [0, 0.05) is 58.5 Å². The number of Topliss-reactive ketones (excluding diaryl/α,β-unsaturated/α-hetero) is 3. The molecule has 1 aliphatic carbocycles. The number of aliphatic hydroxyl groups is 3. The Morgan fingerprint density at radius 2 is 1.57 bits per heavy atom. The minimum absolute atomic E-state index is 0.0193. The first-order chi connectivity index (χ1) is 30.7. The van der Waals surface area contributed by atoms with E-state index in [1.54, 1.807) is 41.1 Å². The highest BCUT2D eigenvalue weighted by Crippen LogP contribution is 2.38. The SMILES string of the molecule is CO[C@@H]1C(=O)[C@@H](C)C[C@H](C)C=CC=CC=C(C)[C@H](OC)C[C@H]2CC[C@H](C)[C@@](O)(O2)C(=O)C(=O)N2CCCC[C@@H]2C(=O)O[C@H]([C@H](C)C[C@@H]2CC[C@H](O)[C@H](OC)C2)CC(=O)[C@H](C)C=C(C)[C@@H]1O. The van der Waals surface area contributed by atoms with Crippen molar-refractivity contribution in [2.45, 2.75) is 180 Å². The van der Waals surface area contributed by atoms with Gasteiger partial charge in [-0.2, -0.15) is 0 Å².